The average Bonchev–Trinajstić information content (AvgIpc) is 2.84. The number of nitrogens with one attached hydrogen (secondary N) is 1. The number of carboxylic acid groups (broad SMARTS) is 1. The Morgan fingerprint density at radius 1 is 1.43 bits per heavy atom. The van der Waals surface area contributed by atoms with Gasteiger partial charge in [-0.05, 0) is 19.1 Å². The van der Waals surface area contributed by atoms with Gasteiger partial charge in [0.25, 0.3) is 0 Å². The normalized spacial score (nSPS) is 21.1. The molecule has 1 fully saturated rings. The van der Waals surface area contributed by atoms with Crippen LogP contribution in [0.2, 0.25) is 0 Å². The molecule has 1 saturated heterocycles. The highest BCUT2D eigenvalue weighted by atomic mass is 16.5. The molecular formula is C14H18N2O5. The summed E-state index contributed by atoms with van der Waals surface area (Å²) in [6, 6.07) is 5.33. The monoisotopic (exact) mass is 294 g/mol. The molecule has 1 aliphatic rings. The van der Waals surface area contributed by atoms with E-state index in [-0.39, 0.29) is 13.0 Å². The van der Waals surface area contributed by atoms with Gasteiger partial charge in [-0.3, -0.25) is 0 Å². The zero-order valence-corrected chi connectivity index (χ0v) is 11.7. The zero-order valence-electron chi connectivity index (χ0n) is 11.7. The lowest BCUT2D eigenvalue weighted by Crippen LogP contribution is -2.43. The Hall–Kier alpha value is -2.28. The minimum Gasteiger partial charge on any atom is -0.492 e. The maximum Gasteiger partial charge on any atom is 0.326 e. The van der Waals surface area contributed by atoms with Crippen LogP contribution in [0.5, 0.6) is 5.75 Å². The van der Waals surface area contributed by atoms with Crippen LogP contribution in [-0.2, 0) is 4.79 Å². The van der Waals surface area contributed by atoms with Crippen LogP contribution < -0.4 is 10.1 Å². The number of carboxylic acids is 1. The molecule has 0 spiro atoms. The number of carbonyl (C=O) groups is 2. The first-order valence-corrected chi connectivity index (χ1v) is 6.73. The fourth-order valence-electron chi connectivity index (χ4n) is 2.31. The van der Waals surface area contributed by atoms with Gasteiger partial charge in [0.2, 0.25) is 0 Å². The van der Waals surface area contributed by atoms with Crippen LogP contribution in [0.25, 0.3) is 0 Å². The number of likely N-dealkylation sites (tertiary alicyclic amines) is 1. The third kappa shape index (κ3) is 3.43. The number of β-amino-alcohol motifs (C(OH)–C–C–N with tert-alkyl or cyclic N) is 1. The van der Waals surface area contributed by atoms with Gasteiger partial charge in [-0.1, -0.05) is 12.1 Å². The number of hydrogen-bond acceptors (Lipinski definition) is 4. The molecule has 1 aliphatic heterocycles. The van der Waals surface area contributed by atoms with Gasteiger partial charge in [0.05, 0.1) is 18.4 Å². The highest BCUT2D eigenvalue weighted by Gasteiger charge is 2.39. The summed E-state index contributed by atoms with van der Waals surface area (Å²) in [5.41, 5.74) is 0.467. The zero-order chi connectivity index (χ0) is 15.4. The number of hydrogen-bond donors (Lipinski definition) is 3. The summed E-state index contributed by atoms with van der Waals surface area (Å²) in [6.45, 7) is 2.28. The first-order valence-electron chi connectivity index (χ1n) is 6.73. The van der Waals surface area contributed by atoms with E-state index in [0.717, 1.165) is 4.90 Å². The van der Waals surface area contributed by atoms with Crippen LogP contribution in [0.15, 0.2) is 24.3 Å². The molecule has 3 N–H and O–H groups in total. The Morgan fingerprint density at radius 2 is 2.14 bits per heavy atom. The summed E-state index contributed by atoms with van der Waals surface area (Å²) in [5.74, 6) is -0.611. The first kappa shape index (κ1) is 15.1. The fourth-order valence-corrected chi connectivity index (χ4v) is 2.31. The number of anilines is 1. The molecule has 7 heteroatoms. The van der Waals surface area contributed by atoms with Crippen molar-refractivity contribution in [2.75, 3.05) is 18.5 Å². The molecule has 1 aromatic carbocycles. The Morgan fingerprint density at radius 3 is 2.81 bits per heavy atom. The summed E-state index contributed by atoms with van der Waals surface area (Å²) in [6.07, 6.45) is -0.783. The van der Waals surface area contributed by atoms with Gasteiger partial charge in [0, 0.05) is 13.0 Å². The second kappa shape index (κ2) is 6.45. The van der Waals surface area contributed by atoms with Gasteiger partial charge in [-0.2, -0.15) is 0 Å². The van der Waals surface area contributed by atoms with Crippen LogP contribution in [0.4, 0.5) is 10.5 Å². The van der Waals surface area contributed by atoms with E-state index in [4.69, 9.17) is 9.84 Å². The van der Waals surface area contributed by atoms with Crippen LogP contribution in [0, 0.1) is 0 Å². The Balaban J connectivity index is 2.12. The van der Waals surface area contributed by atoms with Crippen LogP contribution in [0.1, 0.15) is 13.3 Å². The molecule has 0 saturated carbocycles. The van der Waals surface area contributed by atoms with Gasteiger partial charge in [0.1, 0.15) is 11.8 Å². The lowest BCUT2D eigenvalue weighted by Gasteiger charge is -2.22. The fraction of sp³-hybridized carbons (Fsp3) is 0.429. The van der Waals surface area contributed by atoms with Crippen molar-refractivity contribution in [1.82, 2.24) is 4.90 Å². The Bertz CT molecular complexity index is 534. The molecule has 2 amide bonds. The molecule has 0 aromatic heterocycles. The van der Waals surface area contributed by atoms with Gasteiger partial charge < -0.3 is 25.2 Å². The highest BCUT2D eigenvalue weighted by Crippen LogP contribution is 2.25. The number of amides is 2. The second-order valence-electron chi connectivity index (χ2n) is 4.76. The Kier molecular flexibility index (Phi) is 4.64. The highest BCUT2D eigenvalue weighted by molar-refractivity contribution is 5.94. The molecule has 0 bridgehead atoms. The van der Waals surface area contributed by atoms with E-state index >= 15 is 0 Å². The quantitative estimate of drug-likeness (QED) is 0.773. The van der Waals surface area contributed by atoms with Crippen LogP contribution in [-0.4, -0.2) is 52.4 Å². The lowest BCUT2D eigenvalue weighted by molar-refractivity contribution is -0.141. The molecule has 0 aliphatic carbocycles. The van der Waals surface area contributed by atoms with E-state index in [1.165, 1.54) is 0 Å². The smallest absolute Gasteiger partial charge is 0.326 e. The van der Waals surface area contributed by atoms with Crippen molar-refractivity contribution in [3.8, 4) is 5.75 Å². The predicted molar refractivity (Wildman–Crippen MR) is 75.4 cm³/mol. The topological polar surface area (TPSA) is 99.1 Å². The van der Waals surface area contributed by atoms with E-state index < -0.39 is 24.1 Å². The van der Waals surface area contributed by atoms with Gasteiger partial charge >= 0.3 is 12.0 Å². The van der Waals surface area contributed by atoms with Crippen LogP contribution in [0.3, 0.4) is 0 Å². The molecule has 2 atom stereocenters. The summed E-state index contributed by atoms with van der Waals surface area (Å²) >= 11 is 0. The van der Waals surface area contributed by atoms with Crippen LogP contribution >= 0.6 is 0 Å². The van der Waals surface area contributed by atoms with E-state index in [2.05, 4.69) is 5.32 Å². The molecule has 1 heterocycles. The van der Waals surface area contributed by atoms with Crippen molar-refractivity contribution in [3.05, 3.63) is 24.3 Å². The number of para-hydroxylation sites is 2. The Labute approximate surface area is 122 Å². The molecule has 0 unspecified atom stereocenters. The third-order valence-electron chi connectivity index (χ3n) is 3.25. The molecule has 2 rings (SSSR count). The number of aliphatic hydroxyl groups excluding tert-OH is 1. The van der Waals surface area contributed by atoms with E-state index in [9.17, 15) is 14.7 Å². The molecule has 1 aromatic rings. The number of benzene rings is 1. The van der Waals surface area contributed by atoms with Gasteiger partial charge in [-0.25, -0.2) is 9.59 Å². The van der Waals surface area contributed by atoms with Crippen molar-refractivity contribution < 1.29 is 24.5 Å². The number of rotatable bonds is 4. The van der Waals surface area contributed by atoms with Crippen molar-refractivity contribution in [3.63, 3.8) is 0 Å². The number of aliphatic hydroxyl groups is 1. The molecular weight excluding hydrogens is 276 g/mol. The largest absolute Gasteiger partial charge is 0.492 e. The summed E-state index contributed by atoms with van der Waals surface area (Å²) < 4.78 is 5.40. The van der Waals surface area contributed by atoms with Crippen molar-refractivity contribution in [1.29, 1.82) is 0 Å². The second-order valence-corrected chi connectivity index (χ2v) is 4.76. The SMILES string of the molecule is CCOc1ccccc1NC(=O)N1C[C@H](O)C[C@@H]1C(=O)O. The molecule has 21 heavy (non-hydrogen) atoms. The lowest BCUT2D eigenvalue weighted by atomic mass is 10.2. The molecule has 0 radical (unpaired) electrons. The minimum atomic E-state index is -1.13. The number of carbonyl (C=O) groups excluding carboxylic acids is 1. The predicted octanol–water partition coefficient (Wildman–Crippen LogP) is 1.14. The van der Waals surface area contributed by atoms with E-state index in [1.54, 1.807) is 24.3 Å². The van der Waals surface area contributed by atoms with Gasteiger partial charge in [-0.15, -0.1) is 0 Å². The maximum absolute atomic E-state index is 12.2. The summed E-state index contributed by atoms with van der Waals surface area (Å²) in [4.78, 5) is 24.5. The number of ether oxygens (including phenoxy) is 1. The van der Waals surface area contributed by atoms with Crippen molar-refractivity contribution in [2.24, 2.45) is 0 Å². The minimum absolute atomic E-state index is 0.000395. The van der Waals surface area contributed by atoms with Crippen molar-refractivity contribution in [2.45, 2.75) is 25.5 Å². The standard InChI is InChI=1S/C14H18N2O5/c1-2-21-12-6-4-3-5-10(12)15-14(20)16-8-9(17)7-11(16)13(18)19/h3-6,9,11,17H,2,7-8H2,1H3,(H,15,20)(H,18,19)/t9-,11-/m1/s1. The summed E-state index contributed by atoms with van der Waals surface area (Å²) in [5, 5.41) is 21.3. The maximum atomic E-state index is 12.2. The average molecular weight is 294 g/mol. The third-order valence-corrected chi connectivity index (χ3v) is 3.25. The van der Waals surface area contributed by atoms with Crippen molar-refractivity contribution >= 4 is 17.7 Å². The number of nitrogens with zero attached hydrogens (tertiary/aromatic N) is 1. The first-order chi connectivity index (χ1) is 10.0. The van der Waals surface area contributed by atoms with E-state index in [0.29, 0.717) is 18.0 Å². The summed E-state index contributed by atoms with van der Waals surface area (Å²) in [7, 11) is 0. The number of aliphatic carboxylic acids is 1. The molecule has 7 nitrogen and oxygen atoms in total. The van der Waals surface area contributed by atoms with E-state index in [1.807, 2.05) is 6.92 Å². The molecule has 114 valence electrons. The number of urea groups is 1. The van der Waals surface area contributed by atoms with Gasteiger partial charge in [0.15, 0.2) is 0 Å².